The molecule has 17 heavy (non-hydrogen) atoms. The third-order valence-corrected chi connectivity index (χ3v) is 3.15. The number of hydrogen-bond acceptors (Lipinski definition) is 4. The third-order valence-electron chi connectivity index (χ3n) is 3.15. The molecule has 5 heteroatoms. The van der Waals surface area contributed by atoms with Crippen molar-refractivity contribution in [2.75, 3.05) is 33.4 Å². The van der Waals surface area contributed by atoms with Crippen LogP contribution in [0.3, 0.4) is 0 Å². The number of carbonyl (C=O) groups excluding carboxylic acids is 1. The molecule has 0 aromatic rings. The Labute approximate surface area is 102 Å². The van der Waals surface area contributed by atoms with Gasteiger partial charge in [-0.15, -0.1) is 0 Å². The summed E-state index contributed by atoms with van der Waals surface area (Å²) >= 11 is 0. The van der Waals surface area contributed by atoms with Crippen LogP contribution < -0.4 is 0 Å². The standard InChI is InChI=1S/C12H21NO4/c1-12(2)16-8-10(17-12)7-15-6-9-4-11(14)13(3)5-9/h9-10H,4-8H2,1-3H3/t9?,10-/m1/s1. The maximum absolute atomic E-state index is 11.3. The fourth-order valence-electron chi connectivity index (χ4n) is 2.28. The van der Waals surface area contributed by atoms with Gasteiger partial charge in [0, 0.05) is 25.9 Å². The van der Waals surface area contributed by atoms with Crippen LogP contribution in [0.2, 0.25) is 0 Å². The summed E-state index contributed by atoms with van der Waals surface area (Å²) in [4.78, 5) is 13.1. The first kappa shape index (κ1) is 12.8. The highest BCUT2D eigenvalue weighted by molar-refractivity contribution is 5.78. The SMILES string of the molecule is CN1CC(COC[C@@H]2COC(C)(C)O2)CC1=O. The number of nitrogens with zero attached hydrogens (tertiary/aromatic N) is 1. The van der Waals surface area contributed by atoms with E-state index in [0.717, 1.165) is 6.54 Å². The first-order valence-electron chi connectivity index (χ1n) is 6.10. The van der Waals surface area contributed by atoms with Crippen molar-refractivity contribution in [2.24, 2.45) is 5.92 Å². The molecule has 0 radical (unpaired) electrons. The van der Waals surface area contributed by atoms with Gasteiger partial charge in [-0.1, -0.05) is 0 Å². The van der Waals surface area contributed by atoms with E-state index >= 15 is 0 Å². The van der Waals surface area contributed by atoms with Crippen LogP contribution in [0, 0.1) is 5.92 Å². The molecule has 0 bridgehead atoms. The lowest BCUT2D eigenvalue weighted by Crippen LogP contribution is -2.25. The lowest BCUT2D eigenvalue weighted by Gasteiger charge is -2.17. The molecule has 2 heterocycles. The van der Waals surface area contributed by atoms with E-state index < -0.39 is 5.79 Å². The van der Waals surface area contributed by atoms with Gasteiger partial charge in [-0.3, -0.25) is 4.79 Å². The summed E-state index contributed by atoms with van der Waals surface area (Å²) in [7, 11) is 1.83. The van der Waals surface area contributed by atoms with E-state index in [1.54, 1.807) is 4.90 Å². The summed E-state index contributed by atoms with van der Waals surface area (Å²) < 4.78 is 16.7. The highest BCUT2D eigenvalue weighted by Crippen LogP contribution is 2.23. The largest absolute Gasteiger partial charge is 0.378 e. The van der Waals surface area contributed by atoms with E-state index in [2.05, 4.69) is 0 Å². The summed E-state index contributed by atoms with van der Waals surface area (Å²) in [5, 5.41) is 0. The first-order chi connectivity index (χ1) is 7.96. The minimum atomic E-state index is -0.489. The third kappa shape index (κ3) is 3.40. The highest BCUT2D eigenvalue weighted by atomic mass is 16.7. The molecule has 0 aromatic heterocycles. The second-order valence-corrected chi connectivity index (χ2v) is 5.33. The average Bonchev–Trinajstić information content (AvgIpc) is 2.72. The maximum atomic E-state index is 11.3. The van der Waals surface area contributed by atoms with Crippen LogP contribution >= 0.6 is 0 Å². The van der Waals surface area contributed by atoms with Gasteiger partial charge < -0.3 is 19.1 Å². The van der Waals surface area contributed by atoms with Crippen LogP contribution in [0.25, 0.3) is 0 Å². The molecule has 0 N–H and O–H groups in total. The lowest BCUT2D eigenvalue weighted by atomic mass is 10.1. The zero-order valence-corrected chi connectivity index (χ0v) is 10.8. The second kappa shape index (κ2) is 4.92. The van der Waals surface area contributed by atoms with Crippen LogP contribution in [0.4, 0.5) is 0 Å². The van der Waals surface area contributed by atoms with Crippen molar-refractivity contribution in [3.63, 3.8) is 0 Å². The summed E-state index contributed by atoms with van der Waals surface area (Å²) in [5.41, 5.74) is 0. The number of carbonyl (C=O) groups is 1. The minimum Gasteiger partial charge on any atom is -0.378 e. The van der Waals surface area contributed by atoms with E-state index in [0.29, 0.717) is 32.2 Å². The lowest BCUT2D eigenvalue weighted by molar-refractivity contribution is -0.145. The fourth-order valence-corrected chi connectivity index (χ4v) is 2.28. The van der Waals surface area contributed by atoms with E-state index in [-0.39, 0.29) is 12.0 Å². The molecule has 2 rings (SSSR count). The Morgan fingerprint density at radius 2 is 2.24 bits per heavy atom. The Bertz CT molecular complexity index is 292. The van der Waals surface area contributed by atoms with Crippen molar-refractivity contribution < 1.29 is 19.0 Å². The molecule has 1 unspecified atom stereocenters. The molecule has 2 saturated heterocycles. The molecule has 2 aliphatic heterocycles. The molecule has 0 saturated carbocycles. The summed E-state index contributed by atoms with van der Waals surface area (Å²) in [6.45, 7) is 6.34. The predicted octanol–water partition coefficient (Wildman–Crippen LogP) is 0.633. The molecule has 2 atom stereocenters. The Kier molecular flexibility index (Phi) is 3.70. The van der Waals surface area contributed by atoms with Crippen molar-refractivity contribution in [2.45, 2.75) is 32.2 Å². The first-order valence-corrected chi connectivity index (χ1v) is 6.10. The van der Waals surface area contributed by atoms with E-state index in [1.165, 1.54) is 0 Å². The predicted molar refractivity (Wildman–Crippen MR) is 61.5 cm³/mol. The minimum absolute atomic E-state index is 0.0137. The van der Waals surface area contributed by atoms with E-state index in [4.69, 9.17) is 14.2 Å². The second-order valence-electron chi connectivity index (χ2n) is 5.33. The number of rotatable bonds is 4. The fraction of sp³-hybridized carbons (Fsp3) is 0.917. The van der Waals surface area contributed by atoms with Crippen molar-refractivity contribution in [1.82, 2.24) is 4.90 Å². The molecule has 2 fully saturated rings. The van der Waals surface area contributed by atoms with E-state index in [1.807, 2.05) is 20.9 Å². The van der Waals surface area contributed by atoms with Gasteiger partial charge in [-0.2, -0.15) is 0 Å². The van der Waals surface area contributed by atoms with Crippen LogP contribution in [0.1, 0.15) is 20.3 Å². The highest BCUT2D eigenvalue weighted by Gasteiger charge is 2.33. The quantitative estimate of drug-likeness (QED) is 0.726. The smallest absolute Gasteiger partial charge is 0.222 e. The van der Waals surface area contributed by atoms with Gasteiger partial charge in [0.25, 0.3) is 0 Å². The van der Waals surface area contributed by atoms with Crippen LogP contribution in [0.15, 0.2) is 0 Å². The topological polar surface area (TPSA) is 48.0 Å². The molecular formula is C12H21NO4. The van der Waals surface area contributed by atoms with Crippen molar-refractivity contribution in [3.05, 3.63) is 0 Å². The van der Waals surface area contributed by atoms with Gasteiger partial charge in [0.05, 0.1) is 19.8 Å². The van der Waals surface area contributed by atoms with E-state index in [9.17, 15) is 4.79 Å². The summed E-state index contributed by atoms with van der Waals surface area (Å²) in [6, 6.07) is 0. The van der Waals surface area contributed by atoms with Gasteiger partial charge >= 0.3 is 0 Å². The number of ether oxygens (including phenoxy) is 3. The zero-order chi connectivity index (χ0) is 12.5. The molecule has 98 valence electrons. The molecule has 0 spiro atoms. The van der Waals surface area contributed by atoms with Gasteiger partial charge in [0.1, 0.15) is 6.10 Å². The monoisotopic (exact) mass is 243 g/mol. The molecular weight excluding hydrogens is 222 g/mol. The van der Waals surface area contributed by atoms with Crippen LogP contribution in [-0.4, -0.2) is 56.1 Å². The molecule has 1 amide bonds. The van der Waals surface area contributed by atoms with Crippen molar-refractivity contribution in [3.8, 4) is 0 Å². The zero-order valence-electron chi connectivity index (χ0n) is 10.8. The number of likely N-dealkylation sites (tertiary alicyclic amines) is 1. The Morgan fingerprint density at radius 1 is 1.47 bits per heavy atom. The molecule has 0 aliphatic carbocycles. The Morgan fingerprint density at radius 3 is 2.76 bits per heavy atom. The van der Waals surface area contributed by atoms with Gasteiger partial charge in [-0.05, 0) is 13.8 Å². The Balaban J connectivity index is 1.63. The van der Waals surface area contributed by atoms with Crippen LogP contribution in [0.5, 0.6) is 0 Å². The number of amides is 1. The van der Waals surface area contributed by atoms with Crippen molar-refractivity contribution in [1.29, 1.82) is 0 Å². The maximum Gasteiger partial charge on any atom is 0.222 e. The normalized spacial score (nSPS) is 32.4. The van der Waals surface area contributed by atoms with Gasteiger partial charge in [0.2, 0.25) is 5.91 Å². The van der Waals surface area contributed by atoms with Crippen LogP contribution in [-0.2, 0) is 19.0 Å². The number of hydrogen-bond donors (Lipinski definition) is 0. The summed E-state index contributed by atoms with van der Waals surface area (Å²) in [5.74, 6) is 0.0420. The summed E-state index contributed by atoms with van der Waals surface area (Å²) in [6.07, 6.45) is 0.615. The average molecular weight is 243 g/mol. The molecule has 0 aromatic carbocycles. The Hall–Kier alpha value is -0.650. The van der Waals surface area contributed by atoms with Crippen molar-refractivity contribution >= 4 is 5.91 Å². The van der Waals surface area contributed by atoms with Gasteiger partial charge in [-0.25, -0.2) is 0 Å². The molecule has 2 aliphatic rings. The molecule has 5 nitrogen and oxygen atoms in total. The van der Waals surface area contributed by atoms with Gasteiger partial charge in [0.15, 0.2) is 5.79 Å².